The Labute approximate surface area is 237 Å². The lowest BCUT2D eigenvalue weighted by Crippen LogP contribution is -2.58. The average Bonchev–Trinajstić information content (AvgIpc) is 3.40. The van der Waals surface area contributed by atoms with Crippen molar-refractivity contribution in [1.29, 1.82) is 0 Å². The molecule has 0 heterocycles. The largest absolute Gasteiger partial charge is 0.361 e. The Morgan fingerprint density at radius 3 is 1.67 bits per heavy atom. The standard InChI is InChI=1S/C36H39NSi2/c1-25-29-20-12-14-22-31(29)33(34(25)27-16-8-6-9-17-27)24-39(5,37-38(3)4)36-32-23-15-13-21-30(32)26(2)35(36)28-18-10-7-11-19-28/h6-23,33,36-38H,24H2,1-5H3. The Hall–Kier alpha value is -3.25. The van der Waals surface area contributed by atoms with Crippen molar-refractivity contribution in [2.75, 3.05) is 0 Å². The van der Waals surface area contributed by atoms with Crippen molar-refractivity contribution < 1.29 is 0 Å². The van der Waals surface area contributed by atoms with E-state index in [0.29, 0.717) is 11.5 Å². The summed E-state index contributed by atoms with van der Waals surface area (Å²) in [7, 11) is -3.23. The molecule has 0 fully saturated rings. The van der Waals surface area contributed by atoms with Gasteiger partial charge in [0.2, 0.25) is 0 Å². The summed E-state index contributed by atoms with van der Waals surface area (Å²) in [6.07, 6.45) is 0. The second-order valence-electron chi connectivity index (χ2n) is 11.9. The first-order valence-electron chi connectivity index (χ1n) is 14.4. The molecule has 39 heavy (non-hydrogen) atoms. The van der Waals surface area contributed by atoms with Crippen LogP contribution in [0.25, 0.3) is 22.3 Å². The van der Waals surface area contributed by atoms with Gasteiger partial charge in [-0.1, -0.05) is 129 Å². The second-order valence-corrected chi connectivity index (χ2v) is 19.2. The van der Waals surface area contributed by atoms with Gasteiger partial charge in [0.25, 0.3) is 0 Å². The van der Waals surface area contributed by atoms with Crippen molar-refractivity contribution in [2.24, 2.45) is 0 Å². The maximum Gasteiger partial charge on any atom is 0.128 e. The summed E-state index contributed by atoms with van der Waals surface area (Å²) in [5.41, 5.74) is 15.0. The normalized spacial score (nSPS) is 19.8. The molecular weight excluding hydrogens is 503 g/mol. The van der Waals surface area contributed by atoms with Crippen molar-refractivity contribution in [2.45, 2.75) is 51.0 Å². The Balaban J connectivity index is 1.54. The van der Waals surface area contributed by atoms with Gasteiger partial charge in [-0.2, -0.15) is 0 Å². The number of fused-ring (bicyclic) bond motifs is 2. The first kappa shape index (κ1) is 26.0. The summed E-state index contributed by atoms with van der Waals surface area (Å²) < 4.78 is 4.42. The third-order valence-corrected chi connectivity index (χ3v) is 17.0. The summed E-state index contributed by atoms with van der Waals surface area (Å²) in [5, 5.41) is 0. The van der Waals surface area contributed by atoms with Gasteiger partial charge in [-0.25, -0.2) is 0 Å². The van der Waals surface area contributed by atoms with Crippen LogP contribution in [-0.4, -0.2) is 17.2 Å². The van der Waals surface area contributed by atoms with E-state index in [9.17, 15) is 0 Å². The van der Waals surface area contributed by atoms with E-state index < -0.39 is 17.2 Å². The van der Waals surface area contributed by atoms with Crippen LogP contribution >= 0.6 is 0 Å². The molecule has 0 aromatic heterocycles. The van der Waals surface area contributed by atoms with E-state index in [0.717, 1.165) is 0 Å². The van der Waals surface area contributed by atoms with Gasteiger partial charge in [0.1, 0.15) is 8.24 Å². The molecule has 1 nitrogen and oxygen atoms in total. The monoisotopic (exact) mass is 541 g/mol. The summed E-state index contributed by atoms with van der Waals surface area (Å²) in [6.45, 7) is 12.3. The molecule has 1 N–H and O–H groups in total. The van der Waals surface area contributed by atoms with Crippen LogP contribution in [0.3, 0.4) is 0 Å². The molecule has 3 atom stereocenters. The van der Waals surface area contributed by atoms with Crippen LogP contribution in [0.1, 0.15) is 58.7 Å². The molecule has 4 aromatic carbocycles. The zero-order chi connectivity index (χ0) is 27.1. The lowest BCUT2D eigenvalue weighted by atomic mass is 9.92. The molecule has 0 bridgehead atoms. The van der Waals surface area contributed by atoms with Gasteiger partial charge < -0.3 is 4.65 Å². The highest BCUT2D eigenvalue weighted by Crippen LogP contribution is 2.56. The van der Waals surface area contributed by atoms with Gasteiger partial charge in [-0.3, -0.25) is 0 Å². The number of nitrogens with one attached hydrogen (secondary N) is 1. The molecule has 3 unspecified atom stereocenters. The van der Waals surface area contributed by atoms with Gasteiger partial charge in [-0.15, -0.1) is 0 Å². The smallest absolute Gasteiger partial charge is 0.128 e. The molecule has 0 amide bonds. The molecule has 2 aliphatic carbocycles. The Morgan fingerprint density at radius 1 is 0.615 bits per heavy atom. The zero-order valence-corrected chi connectivity index (χ0v) is 26.0. The summed E-state index contributed by atoms with van der Waals surface area (Å²) in [4.78, 5) is 0. The highest BCUT2D eigenvalue weighted by Gasteiger charge is 2.48. The van der Waals surface area contributed by atoms with Gasteiger partial charge in [-0.05, 0) is 75.6 Å². The lowest BCUT2D eigenvalue weighted by molar-refractivity contribution is 0.928. The highest BCUT2D eigenvalue weighted by molar-refractivity contribution is 6.87. The fraction of sp³-hybridized carbons (Fsp3) is 0.222. The van der Waals surface area contributed by atoms with Crippen LogP contribution in [0, 0.1) is 0 Å². The SMILES string of the molecule is CC1=C(c2ccccc2)C(C[Si](C)(N[SiH](C)C)C2C(c3ccccc3)=C(C)c3ccccc32)c2ccccc21. The summed E-state index contributed by atoms with van der Waals surface area (Å²) >= 11 is 0. The van der Waals surface area contributed by atoms with E-state index in [-0.39, 0.29) is 0 Å². The molecule has 0 radical (unpaired) electrons. The second kappa shape index (κ2) is 10.4. The minimum atomic E-state index is -2.14. The quantitative estimate of drug-likeness (QED) is 0.230. The Morgan fingerprint density at radius 2 is 1.08 bits per heavy atom. The van der Waals surface area contributed by atoms with E-state index in [2.05, 4.69) is 147 Å². The average molecular weight is 542 g/mol. The minimum Gasteiger partial charge on any atom is -0.361 e. The van der Waals surface area contributed by atoms with Crippen LogP contribution in [0.2, 0.25) is 25.7 Å². The molecule has 0 saturated carbocycles. The van der Waals surface area contributed by atoms with Crippen LogP contribution in [-0.2, 0) is 0 Å². The van der Waals surface area contributed by atoms with Crippen LogP contribution in [0.4, 0.5) is 0 Å². The van der Waals surface area contributed by atoms with Crippen molar-refractivity contribution in [3.05, 3.63) is 143 Å². The third kappa shape index (κ3) is 4.53. The number of hydrogen-bond acceptors (Lipinski definition) is 1. The van der Waals surface area contributed by atoms with Crippen molar-refractivity contribution >= 4 is 39.5 Å². The summed E-state index contributed by atoms with van der Waals surface area (Å²) in [5.74, 6) is 0.394. The number of allylic oxidation sites excluding steroid dienone is 4. The lowest BCUT2D eigenvalue weighted by Gasteiger charge is -2.41. The molecule has 0 saturated heterocycles. The fourth-order valence-electron chi connectivity index (χ4n) is 7.57. The topological polar surface area (TPSA) is 12.0 Å². The van der Waals surface area contributed by atoms with E-state index in [4.69, 9.17) is 0 Å². The highest BCUT2D eigenvalue weighted by atomic mass is 28.4. The van der Waals surface area contributed by atoms with E-state index in [1.165, 1.54) is 56.1 Å². The molecule has 3 heteroatoms. The Kier molecular flexibility index (Phi) is 6.92. The van der Waals surface area contributed by atoms with Gasteiger partial charge in [0.05, 0.1) is 8.96 Å². The number of rotatable bonds is 7. The first-order valence-corrected chi connectivity index (χ1v) is 20.0. The molecule has 0 aliphatic heterocycles. The van der Waals surface area contributed by atoms with Crippen molar-refractivity contribution in [3.8, 4) is 0 Å². The molecule has 4 aromatic rings. The molecule has 2 aliphatic rings. The maximum atomic E-state index is 4.42. The fourth-order valence-corrected chi connectivity index (χ4v) is 17.4. The molecule has 0 spiro atoms. The summed E-state index contributed by atoms with van der Waals surface area (Å²) in [6, 6.07) is 41.9. The number of hydrogen-bond donors (Lipinski definition) is 1. The van der Waals surface area contributed by atoms with Crippen molar-refractivity contribution in [1.82, 2.24) is 4.65 Å². The van der Waals surface area contributed by atoms with Crippen LogP contribution in [0.15, 0.2) is 109 Å². The predicted molar refractivity (Wildman–Crippen MR) is 175 cm³/mol. The third-order valence-electron chi connectivity index (χ3n) is 8.91. The van der Waals surface area contributed by atoms with Crippen LogP contribution in [0.5, 0.6) is 0 Å². The minimum absolute atomic E-state index is 0.394. The first-order chi connectivity index (χ1) is 18.9. The van der Waals surface area contributed by atoms with Gasteiger partial charge in [0.15, 0.2) is 0 Å². The van der Waals surface area contributed by atoms with Crippen molar-refractivity contribution in [3.63, 3.8) is 0 Å². The van der Waals surface area contributed by atoms with E-state index in [1.807, 2.05) is 0 Å². The zero-order valence-electron chi connectivity index (χ0n) is 23.8. The van der Waals surface area contributed by atoms with E-state index >= 15 is 0 Å². The van der Waals surface area contributed by atoms with Gasteiger partial charge >= 0.3 is 0 Å². The van der Waals surface area contributed by atoms with Crippen LogP contribution < -0.4 is 4.65 Å². The predicted octanol–water partition coefficient (Wildman–Crippen LogP) is 9.13. The Bertz CT molecular complexity index is 1570. The molecular formula is C36H39NSi2. The molecule has 6 rings (SSSR count). The molecule has 196 valence electrons. The number of benzene rings is 4. The van der Waals surface area contributed by atoms with Gasteiger partial charge in [0, 0.05) is 11.5 Å². The maximum absolute atomic E-state index is 4.42. The van der Waals surface area contributed by atoms with E-state index in [1.54, 1.807) is 5.57 Å².